The van der Waals surface area contributed by atoms with Crippen LogP contribution < -0.4 is 5.32 Å². The summed E-state index contributed by atoms with van der Waals surface area (Å²) in [5.41, 5.74) is 2.48. The van der Waals surface area contributed by atoms with Gasteiger partial charge in [0.2, 0.25) is 0 Å². The van der Waals surface area contributed by atoms with Gasteiger partial charge in [0, 0.05) is 18.0 Å². The summed E-state index contributed by atoms with van der Waals surface area (Å²) in [6.07, 6.45) is 6.40. The van der Waals surface area contributed by atoms with Crippen molar-refractivity contribution in [3.05, 3.63) is 24.0 Å². The molecule has 1 aliphatic rings. The van der Waals surface area contributed by atoms with Crippen molar-refractivity contribution in [1.82, 2.24) is 4.98 Å². The van der Waals surface area contributed by atoms with Crippen molar-refractivity contribution in [2.75, 3.05) is 16.8 Å². The van der Waals surface area contributed by atoms with Gasteiger partial charge in [0.15, 0.2) is 0 Å². The van der Waals surface area contributed by atoms with Crippen molar-refractivity contribution in [2.45, 2.75) is 25.8 Å². The average Bonchev–Trinajstić information content (AvgIpc) is 2.23. The molecule has 2 nitrogen and oxygen atoms in total. The number of anilines is 1. The lowest BCUT2D eigenvalue weighted by molar-refractivity contribution is 0.684. The highest BCUT2D eigenvalue weighted by molar-refractivity contribution is 7.99. The summed E-state index contributed by atoms with van der Waals surface area (Å²) < 4.78 is 0. The van der Waals surface area contributed by atoms with E-state index in [1.807, 2.05) is 24.2 Å². The summed E-state index contributed by atoms with van der Waals surface area (Å²) in [4.78, 5) is 4.14. The topological polar surface area (TPSA) is 24.9 Å². The van der Waals surface area contributed by atoms with E-state index in [4.69, 9.17) is 0 Å². The lowest BCUT2D eigenvalue weighted by atomic mass is 10.1. The van der Waals surface area contributed by atoms with Gasteiger partial charge in [-0.1, -0.05) is 0 Å². The molecule has 3 heteroatoms. The summed E-state index contributed by atoms with van der Waals surface area (Å²) >= 11 is 2.05. The van der Waals surface area contributed by atoms with Crippen LogP contribution in [0.15, 0.2) is 18.5 Å². The highest BCUT2D eigenvalue weighted by Gasteiger charge is 2.13. The summed E-state index contributed by atoms with van der Waals surface area (Å²) in [7, 11) is 0. The molecule has 0 radical (unpaired) electrons. The molecule has 1 aromatic rings. The molecule has 0 spiro atoms. The predicted molar refractivity (Wildman–Crippen MR) is 62.9 cm³/mol. The first-order valence-corrected chi connectivity index (χ1v) is 6.26. The molecule has 0 saturated carbocycles. The van der Waals surface area contributed by atoms with Crippen LogP contribution in [0.2, 0.25) is 0 Å². The summed E-state index contributed by atoms with van der Waals surface area (Å²) in [6, 6.07) is 2.69. The van der Waals surface area contributed by atoms with Crippen LogP contribution in [0.5, 0.6) is 0 Å². The van der Waals surface area contributed by atoms with Crippen molar-refractivity contribution < 1.29 is 0 Å². The molecule has 1 N–H and O–H groups in total. The molecule has 0 bridgehead atoms. The number of nitrogens with zero attached hydrogens (tertiary/aromatic N) is 1. The number of pyridine rings is 1. The summed E-state index contributed by atoms with van der Waals surface area (Å²) in [6.45, 7) is 2.12. The van der Waals surface area contributed by atoms with Gasteiger partial charge in [0.05, 0.1) is 11.9 Å². The van der Waals surface area contributed by atoms with E-state index in [0.717, 1.165) is 0 Å². The quantitative estimate of drug-likeness (QED) is 0.809. The van der Waals surface area contributed by atoms with E-state index < -0.39 is 0 Å². The van der Waals surface area contributed by atoms with Crippen LogP contribution in [0, 0.1) is 6.92 Å². The van der Waals surface area contributed by atoms with Crippen LogP contribution in [0.1, 0.15) is 18.4 Å². The maximum atomic E-state index is 4.14. The van der Waals surface area contributed by atoms with Crippen molar-refractivity contribution in [3.8, 4) is 0 Å². The second kappa shape index (κ2) is 4.69. The molecule has 0 aliphatic carbocycles. The van der Waals surface area contributed by atoms with Crippen molar-refractivity contribution in [2.24, 2.45) is 0 Å². The maximum Gasteiger partial charge on any atom is 0.0558 e. The Bertz CT molecular complexity index is 295. The molecule has 14 heavy (non-hydrogen) atoms. The third-order valence-corrected chi connectivity index (χ3v) is 3.77. The smallest absolute Gasteiger partial charge is 0.0558 e. The Kier molecular flexibility index (Phi) is 3.30. The third kappa shape index (κ3) is 2.41. The summed E-state index contributed by atoms with van der Waals surface area (Å²) in [5, 5.41) is 3.57. The van der Waals surface area contributed by atoms with E-state index in [9.17, 15) is 0 Å². The number of aromatic nitrogens is 1. The molecule has 1 aliphatic heterocycles. The monoisotopic (exact) mass is 208 g/mol. The van der Waals surface area contributed by atoms with Crippen molar-refractivity contribution in [3.63, 3.8) is 0 Å². The molecule has 1 saturated heterocycles. The zero-order valence-electron chi connectivity index (χ0n) is 8.49. The minimum Gasteiger partial charge on any atom is -0.380 e. The molecule has 1 atom stereocenters. The van der Waals surface area contributed by atoms with Gasteiger partial charge in [-0.2, -0.15) is 11.8 Å². The van der Waals surface area contributed by atoms with Gasteiger partial charge < -0.3 is 5.32 Å². The molecule has 2 rings (SSSR count). The minimum absolute atomic E-state index is 0.636. The predicted octanol–water partition coefficient (Wildman–Crippen LogP) is 2.70. The van der Waals surface area contributed by atoms with E-state index in [2.05, 4.69) is 23.3 Å². The van der Waals surface area contributed by atoms with Gasteiger partial charge in [0.1, 0.15) is 0 Å². The second-order valence-electron chi connectivity index (χ2n) is 3.75. The Hall–Kier alpha value is -0.700. The Morgan fingerprint density at radius 1 is 1.57 bits per heavy atom. The molecule has 0 unspecified atom stereocenters. The van der Waals surface area contributed by atoms with E-state index in [0.29, 0.717) is 6.04 Å². The lowest BCUT2D eigenvalue weighted by Crippen LogP contribution is -2.26. The van der Waals surface area contributed by atoms with Crippen LogP contribution in [-0.4, -0.2) is 22.5 Å². The zero-order chi connectivity index (χ0) is 9.80. The SMILES string of the molecule is Cc1ccncc1N[C@H]1CCCSC1. The number of aryl methyl sites for hydroxylation is 1. The number of hydrogen-bond acceptors (Lipinski definition) is 3. The molecule has 0 aromatic carbocycles. The lowest BCUT2D eigenvalue weighted by Gasteiger charge is -2.24. The molecule has 2 heterocycles. The second-order valence-corrected chi connectivity index (χ2v) is 4.90. The van der Waals surface area contributed by atoms with Crippen LogP contribution in [0.4, 0.5) is 5.69 Å². The van der Waals surface area contributed by atoms with Crippen LogP contribution in [-0.2, 0) is 0 Å². The maximum absolute atomic E-state index is 4.14. The van der Waals surface area contributed by atoms with Gasteiger partial charge in [-0.05, 0) is 37.1 Å². The first-order chi connectivity index (χ1) is 6.86. The van der Waals surface area contributed by atoms with Gasteiger partial charge in [-0.25, -0.2) is 0 Å². The van der Waals surface area contributed by atoms with Gasteiger partial charge in [0.25, 0.3) is 0 Å². The number of hydrogen-bond donors (Lipinski definition) is 1. The fourth-order valence-electron chi connectivity index (χ4n) is 1.69. The molecule has 76 valence electrons. The Labute approximate surface area is 89.5 Å². The molecule has 1 fully saturated rings. The standard InChI is InChI=1S/C11H16N2S/c1-9-4-5-12-7-11(9)13-10-3-2-6-14-8-10/h4-5,7,10,13H,2-3,6,8H2,1H3/t10-/m0/s1. The van der Waals surface area contributed by atoms with Gasteiger partial charge >= 0.3 is 0 Å². The molecular formula is C11H16N2S. The van der Waals surface area contributed by atoms with E-state index in [1.165, 1.54) is 35.6 Å². The Balaban J connectivity index is 1.99. The normalized spacial score (nSPS) is 21.9. The van der Waals surface area contributed by atoms with Crippen LogP contribution in [0.25, 0.3) is 0 Å². The van der Waals surface area contributed by atoms with Crippen LogP contribution in [0.3, 0.4) is 0 Å². The van der Waals surface area contributed by atoms with Crippen molar-refractivity contribution in [1.29, 1.82) is 0 Å². The van der Waals surface area contributed by atoms with E-state index in [-0.39, 0.29) is 0 Å². The van der Waals surface area contributed by atoms with Gasteiger partial charge in [-0.15, -0.1) is 0 Å². The largest absolute Gasteiger partial charge is 0.380 e. The zero-order valence-corrected chi connectivity index (χ0v) is 9.31. The Morgan fingerprint density at radius 2 is 2.50 bits per heavy atom. The highest BCUT2D eigenvalue weighted by Crippen LogP contribution is 2.21. The highest BCUT2D eigenvalue weighted by atomic mass is 32.2. The van der Waals surface area contributed by atoms with Crippen LogP contribution >= 0.6 is 11.8 Å². The third-order valence-electron chi connectivity index (χ3n) is 2.56. The molecular weight excluding hydrogens is 192 g/mol. The fourth-order valence-corrected chi connectivity index (χ4v) is 2.76. The Morgan fingerprint density at radius 3 is 3.21 bits per heavy atom. The average molecular weight is 208 g/mol. The minimum atomic E-state index is 0.636. The van der Waals surface area contributed by atoms with E-state index in [1.54, 1.807) is 0 Å². The number of thioether (sulfide) groups is 1. The van der Waals surface area contributed by atoms with Gasteiger partial charge in [-0.3, -0.25) is 4.98 Å². The molecule has 0 amide bonds. The van der Waals surface area contributed by atoms with E-state index >= 15 is 0 Å². The first-order valence-electron chi connectivity index (χ1n) is 5.11. The molecule has 1 aromatic heterocycles. The summed E-state index contributed by atoms with van der Waals surface area (Å²) in [5.74, 6) is 2.55. The number of nitrogens with one attached hydrogen (secondary N) is 1. The van der Waals surface area contributed by atoms with Crippen molar-refractivity contribution >= 4 is 17.4 Å². The fraction of sp³-hybridized carbons (Fsp3) is 0.545. The number of rotatable bonds is 2. The first kappa shape index (κ1) is 9.84.